The van der Waals surface area contributed by atoms with Crippen molar-refractivity contribution in [2.75, 3.05) is 4.90 Å². The van der Waals surface area contributed by atoms with E-state index in [1.807, 2.05) is 12.1 Å². The molecule has 22 heavy (non-hydrogen) atoms. The van der Waals surface area contributed by atoms with E-state index in [4.69, 9.17) is 0 Å². The van der Waals surface area contributed by atoms with E-state index in [0.717, 1.165) is 23.1 Å². The minimum Gasteiger partial charge on any atom is -0.337 e. The second-order valence-electron chi connectivity index (χ2n) is 5.92. The molecule has 0 fully saturated rings. The van der Waals surface area contributed by atoms with Crippen molar-refractivity contribution in [1.82, 2.24) is 0 Å². The van der Waals surface area contributed by atoms with Crippen molar-refractivity contribution in [2.45, 2.75) is 30.7 Å². The van der Waals surface area contributed by atoms with Crippen LogP contribution in [-0.4, -0.2) is 6.04 Å². The van der Waals surface area contributed by atoms with Crippen LogP contribution in [0.2, 0.25) is 0 Å². The van der Waals surface area contributed by atoms with Gasteiger partial charge in [-0.05, 0) is 61.0 Å². The summed E-state index contributed by atoms with van der Waals surface area (Å²) in [5.41, 5.74) is 3.88. The van der Waals surface area contributed by atoms with E-state index in [2.05, 4.69) is 73.0 Å². The molecule has 2 heteroatoms. The summed E-state index contributed by atoms with van der Waals surface area (Å²) < 4.78 is 0. The number of aryl methyl sites for hydroxylation is 1. The maximum Gasteiger partial charge on any atom is 0.0611 e. The maximum absolute atomic E-state index is 4.51. The summed E-state index contributed by atoms with van der Waals surface area (Å²) in [4.78, 5) is 3.43. The van der Waals surface area contributed by atoms with Crippen LogP contribution in [-0.2, 0) is 6.42 Å². The molecule has 0 amide bonds. The second-order valence-corrected chi connectivity index (χ2v) is 6.43. The van der Waals surface area contributed by atoms with Gasteiger partial charge in [0.2, 0.25) is 0 Å². The van der Waals surface area contributed by atoms with E-state index in [0.29, 0.717) is 6.04 Å². The maximum atomic E-state index is 4.51. The van der Waals surface area contributed by atoms with Gasteiger partial charge in [-0.15, -0.1) is 12.6 Å². The monoisotopic (exact) mass is 303 g/mol. The van der Waals surface area contributed by atoms with E-state index in [1.54, 1.807) is 0 Å². The lowest BCUT2D eigenvalue weighted by Crippen LogP contribution is -2.33. The first-order chi connectivity index (χ1) is 10.7. The number of thiol groups is 1. The first kappa shape index (κ1) is 13.5. The van der Waals surface area contributed by atoms with Crippen molar-refractivity contribution in [3.63, 3.8) is 0 Å². The van der Waals surface area contributed by atoms with Crippen molar-refractivity contribution < 1.29 is 0 Å². The number of fused-ring (bicyclic) bond motifs is 3. The third-order valence-electron chi connectivity index (χ3n) is 4.46. The minimum atomic E-state index is 0.460. The van der Waals surface area contributed by atoms with Crippen LogP contribution in [0.3, 0.4) is 0 Å². The Bertz CT molecular complexity index is 840. The predicted octanol–water partition coefficient (Wildman–Crippen LogP) is 5.20. The van der Waals surface area contributed by atoms with Crippen LogP contribution in [0.15, 0.2) is 53.4 Å². The molecule has 0 aromatic heterocycles. The first-order valence-corrected chi connectivity index (χ1v) is 8.11. The van der Waals surface area contributed by atoms with Crippen molar-refractivity contribution in [3.8, 4) is 0 Å². The van der Waals surface area contributed by atoms with Crippen LogP contribution in [0.5, 0.6) is 0 Å². The Balaban J connectivity index is 1.99. The number of rotatable bonds is 1. The zero-order valence-corrected chi connectivity index (χ0v) is 13.4. The summed E-state index contributed by atoms with van der Waals surface area (Å²) in [5.74, 6) is 0. The second kappa shape index (κ2) is 5.26. The highest BCUT2D eigenvalue weighted by Crippen LogP contribution is 2.41. The molecule has 0 N–H and O–H groups in total. The van der Waals surface area contributed by atoms with Crippen LogP contribution in [0.25, 0.3) is 10.8 Å². The molecule has 1 nitrogen and oxygen atoms in total. The molecule has 1 aliphatic rings. The molecule has 0 aliphatic carbocycles. The van der Waals surface area contributed by atoms with E-state index in [-0.39, 0.29) is 0 Å². The Kier molecular flexibility index (Phi) is 3.24. The Labute approximate surface area is 137 Å². The summed E-state index contributed by atoms with van der Waals surface area (Å²) in [6.07, 6.45) is 2.28. The lowest BCUT2D eigenvalue weighted by Gasteiger charge is -2.37. The molecule has 1 aliphatic heterocycles. The first-order valence-electron chi connectivity index (χ1n) is 7.66. The van der Waals surface area contributed by atoms with Crippen LogP contribution >= 0.6 is 12.6 Å². The van der Waals surface area contributed by atoms with Gasteiger partial charge in [-0.25, -0.2) is 0 Å². The highest BCUT2D eigenvalue weighted by Gasteiger charge is 2.26. The van der Waals surface area contributed by atoms with Crippen LogP contribution < -0.4 is 4.90 Å². The number of anilines is 2. The van der Waals surface area contributed by atoms with Gasteiger partial charge in [0.25, 0.3) is 0 Å². The molecule has 0 bridgehead atoms. The summed E-state index contributed by atoms with van der Waals surface area (Å²) in [7, 11) is 0. The summed E-state index contributed by atoms with van der Waals surface area (Å²) in [6, 6.07) is 23.8. The molecule has 4 rings (SSSR count). The van der Waals surface area contributed by atoms with E-state index in [1.165, 1.54) is 22.3 Å². The van der Waals surface area contributed by atoms with Gasteiger partial charge in [-0.1, -0.05) is 30.3 Å². The van der Waals surface area contributed by atoms with E-state index >= 15 is 0 Å². The van der Waals surface area contributed by atoms with Gasteiger partial charge in [-0.3, -0.25) is 0 Å². The quantitative estimate of drug-likeness (QED) is 0.605. The Hall–Kier alpha value is -2.11. The fourth-order valence-corrected chi connectivity index (χ4v) is 3.60. The highest BCUT2D eigenvalue weighted by molar-refractivity contribution is 7.80. The average Bonchev–Trinajstić information content (AvgIpc) is 2.54. The Morgan fingerprint density at radius 3 is 2.95 bits per heavy atom. The third kappa shape index (κ3) is 2.14. The topological polar surface area (TPSA) is 3.24 Å². The molecule has 1 atom stereocenters. The van der Waals surface area contributed by atoms with Gasteiger partial charge in [-0.2, -0.15) is 0 Å². The van der Waals surface area contributed by atoms with Crippen LogP contribution in [0.1, 0.15) is 18.9 Å². The smallest absolute Gasteiger partial charge is 0.0611 e. The summed E-state index contributed by atoms with van der Waals surface area (Å²) >= 11 is 4.51. The van der Waals surface area contributed by atoms with Gasteiger partial charge in [0, 0.05) is 16.6 Å². The fourth-order valence-electron chi connectivity index (χ4n) is 3.38. The molecule has 0 spiro atoms. The predicted molar refractivity (Wildman–Crippen MR) is 95.2 cm³/mol. The van der Waals surface area contributed by atoms with Crippen molar-refractivity contribution in [1.29, 1.82) is 0 Å². The molecule has 1 heterocycles. The van der Waals surface area contributed by atoms with Crippen molar-refractivity contribution in [3.05, 3.63) is 66.2 Å². The number of benzene rings is 2. The molecule has 3 aromatic carbocycles. The summed E-state index contributed by atoms with van der Waals surface area (Å²) in [5, 5.41) is 2.38. The SMILES string of the molecule is CC1CCc2ccc3ccc#cc3c2N1c1cccc(S)c1. The minimum absolute atomic E-state index is 0.460. The summed E-state index contributed by atoms with van der Waals surface area (Å²) in [6.45, 7) is 2.29. The van der Waals surface area contributed by atoms with Gasteiger partial charge >= 0.3 is 0 Å². The zero-order chi connectivity index (χ0) is 15.1. The molecule has 3 aromatic rings. The largest absolute Gasteiger partial charge is 0.337 e. The molecular formula is C20H17NS. The molecule has 0 saturated heterocycles. The molecular weight excluding hydrogens is 286 g/mol. The lowest BCUT2D eigenvalue weighted by atomic mass is 9.92. The highest BCUT2D eigenvalue weighted by atomic mass is 32.1. The molecule has 0 saturated carbocycles. The molecule has 0 radical (unpaired) electrons. The zero-order valence-electron chi connectivity index (χ0n) is 12.5. The van der Waals surface area contributed by atoms with Gasteiger partial charge in [0.05, 0.1) is 11.1 Å². The van der Waals surface area contributed by atoms with E-state index in [9.17, 15) is 0 Å². The third-order valence-corrected chi connectivity index (χ3v) is 4.74. The Morgan fingerprint density at radius 2 is 2.09 bits per heavy atom. The number of hydrogen-bond donors (Lipinski definition) is 1. The van der Waals surface area contributed by atoms with Crippen molar-refractivity contribution >= 4 is 34.8 Å². The van der Waals surface area contributed by atoms with Crippen LogP contribution in [0, 0.1) is 12.1 Å². The standard InChI is InChI=1S/C20H17NS/c1-14-9-10-16-12-11-15-5-2-3-8-19(15)20(16)21(14)17-6-4-7-18(22)13-17/h2,4-7,11-14,22H,9-10H2,1H3. The van der Waals surface area contributed by atoms with Crippen molar-refractivity contribution in [2.24, 2.45) is 0 Å². The van der Waals surface area contributed by atoms with Gasteiger partial charge in [0.15, 0.2) is 0 Å². The number of hydrogen-bond acceptors (Lipinski definition) is 2. The normalized spacial score (nSPS) is 17.2. The molecule has 108 valence electrons. The van der Waals surface area contributed by atoms with E-state index < -0.39 is 0 Å². The average molecular weight is 303 g/mol. The van der Waals surface area contributed by atoms with Crippen LogP contribution in [0.4, 0.5) is 11.4 Å². The van der Waals surface area contributed by atoms with Gasteiger partial charge < -0.3 is 4.90 Å². The van der Waals surface area contributed by atoms with Gasteiger partial charge in [0.1, 0.15) is 0 Å². The fraction of sp³-hybridized carbons (Fsp3) is 0.200. The lowest BCUT2D eigenvalue weighted by molar-refractivity contribution is 0.620. The Morgan fingerprint density at radius 1 is 1.18 bits per heavy atom. The molecule has 1 unspecified atom stereocenters. The number of nitrogens with zero attached hydrogens (tertiary/aromatic N) is 1.